The van der Waals surface area contributed by atoms with E-state index in [9.17, 15) is 17.6 Å². The summed E-state index contributed by atoms with van der Waals surface area (Å²) in [5, 5.41) is 3.21. The number of carbonyl (C=O) groups excluding carboxylic acids is 1. The summed E-state index contributed by atoms with van der Waals surface area (Å²) in [5.41, 5.74) is -0.308. The molecule has 2 rings (SSSR count). The molecule has 0 aromatic heterocycles. The maximum Gasteiger partial charge on any atom is 0.339 e. The second-order valence-electron chi connectivity index (χ2n) is 5.18. The van der Waals surface area contributed by atoms with Crippen LogP contribution in [0.3, 0.4) is 0 Å². The number of rotatable bonds is 6. The smallest absolute Gasteiger partial charge is 0.339 e. The van der Waals surface area contributed by atoms with Crippen molar-refractivity contribution in [2.75, 3.05) is 26.7 Å². The fourth-order valence-corrected chi connectivity index (χ4v) is 3.66. The van der Waals surface area contributed by atoms with Crippen LogP contribution in [0.1, 0.15) is 23.2 Å². The number of nitrogens with one attached hydrogen (secondary N) is 2. The Morgan fingerprint density at radius 1 is 1.48 bits per heavy atom. The van der Waals surface area contributed by atoms with Gasteiger partial charge in [-0.25, -0.2) is 22.3 Å². The monoisotopic (exact) mass is 366 g/mol. The van der Waals surface area contributed by atoms with Crippen molar-refractivity contribution in [2.45, 2.75) is 17.7 Å². The van der Waals surface area contributed by atoms with E-state index in [-0.39, 0.29) is 29.4 Å². The third-order valence-corrected chi connectivity index (χ3v) is 5.16. The molecule has 1 saturated heterocycles. The molecule has 6 nitrogen and oxygen atoms in total. The standard InChI is InChI=1S/C14H19FN2O4S.ClH/c1-21-14(18)12-8-11(15)2-3-13(12)22(19,20)17-7-5-10-4-6-16-9-10;/h2-3,8,10,16-17H,4-7,9H2,1H3;1H. The molecule has 0 bridgehead atoms. The average molecular weight is 367 g/mol. The van der Waals surface area contributed by atoms with Crippen LogP contribution in [0.2, 0.25) is 0 Å². The predicted molar refractivity (Wildman–Crippen MR) is 85.8 cm³/mol. The molecule has 0 spiro atoms. The van der Waals surface area contributed by atoms with Gasteiger partial charge in [-0.3, -0.25) is 0 Å². The van der Waals surface area contributed by atoms with Crippen LogP contribution in [-0.2, 0) is 14.8 Å². The molecule has 1 unspecified atom stereocenters. The van der Waals surface area contributed by atoms with Crippen LogP contribution in [0.5, 0.6) is 0 Å². The van der Waals surface area contributed by atoms with Gasteiger partial charge < -0.3 is 10.1 Å². The highest BCUT2D eigenvalue weighted by molar-refractivity contribution is 7.89. The number of halogens is 2. The van der Waals surface area contributed by atoms with Crippen molar-refractivity contribution in [2.24, 2.45) is 5.92 Å². The van der Waals surface area contributed by atoms with E-state index < -0.39 is 21.8 Å². The number of carbonyl (C=O) groups is 1. The lowest BCUT2D eigenvalue weighted by molar-refractivity contribution is 0.0595. The van der Waals surface area contributed by atoms with Crippen LogP contribution in [0.25, 0.3) is 0 Å². The summed E-state index contributed by atoms with van der Waals surface area (Å²) in [4.78, 5) is 11.4. The highest BCUT2D eigenvalue weighted by Crippen LogP contribution is 2.19. The van der Waals surface area contributed by atoms with Gasteiger partial charge in [0.2, 0.25) is 10.0 Å². The molecular formula is C14H20ClFN2O4S. The molecule has 1 aromatic carbocycles. The van der Waals surface area contributed by atoms with Gasteiger partial charge in [-0.2, -0.15) is 0 Å². The second kappa shape index (κ2) is 8.58. The minimum absolute atomic E-state index is 0. The number of hydrogen-bond acceptors (Lipinski definition) is 5. The number of methoxy groups -OCH3 is 1. The van der Waals surface area contributed by atoms with Crippen LogP contribution < -0.4 is 10.0 Å². The van der Waals surface area contributed by atoms with Crippen molar-refractivity contribution in [1.29, 1.82) is 0 Å². The summed E-state index contributed by atoms with van der Waals surface area (Å²) in [7, 11) is -2.78. The summed E-state index contributed by atoms with van der Waals surface area (Å²) in [5.74, 6) is -1.15. The van der Waals surface area contributed by atoms with Crippen molar-refractivity contribution in [3.8, 4) is 0 Å². The lowest BCUT2D eigenvalue weighted by Gasteiger charge is -2.12. The molecule has 1 atom stereocenters. The zero-order valence-electron chi connectivity index (χ0n) is 12.7. The van der Waals surface area contributed by atoms with E-state index in [1.54, 1.807) is 0 Å². The quantitative estimate of drug-likeness (QED) is 0.742. The topological polar surface area (TPSA) is 84.5 Å². The zero-order valence-corrected chi connectivity index (χ0v) is 14.3. The number of hydrogen-bond donors (Lipinski definition) is 2. The molecule has 1 fully saturated rings. The van der Waals surface area contributed by atoms with Gasteiger partial charge in [0, 0.05) is 6.54 Å². The van der Waals surface area contributed by atoms with Crippen molar-refractivity contribution >= 4 is 28.4 Å². The molecule has 1 heterocycles. The van der Waals surface area contributed by atoms with Crippen molar-refractivity contribution < 1.29 is 22.3 Å². The Bertz CT molecular complexity index is 648. The van der Waals surface area contributed by atoms with E-state index in [0.717, 1.165) is 44.8 Å². The second-order valence-corrected chi connectivity index (χ2v) is 6.91. The van der Waals surface area contributed by atoms with Crippen LogP contribution in [0, 0.1) is 11.7 Å². The first-order chi connectivity index (χ1) is 10.4. The first-order valence-electron chi connectivity index (χ1n) is 7.02. The number of sulfonamides is 1. The Labute approximate surface area is 141 Å². The molecule has 23 heavy (non-hydrogen) atoms. The van der Waals surface area contributed by atoms with Crippen molar-refractivity contribution in [3.05, 3.63) is 29.6 Å². The van der Waals surface area contributed by atoms with Crippen LogP contribution in [-0.4, -0.2) is 41.1 Å². The van der Waals surface area contributed by atoms with Gasteiger partial charge in [0.25, 0.3) is 0 Å². The molecule has 9 heteroatoms. The van der Waals surface area contributed by atoms with Gasteiger partial charge in [0.05, 0.1) is 17.6 Å². The molecular weight excluding hydrogens is 347 g/mol. The first-order valence-corrected chi connectivity index (χ1v) is 8.50. The van der Waals surface area contributed by atoms with Crippen LogP contribution in [0.4, 0.5) is 4.39 Å². The summed E-state index contributed by atoms with van der Waals surface area (Å²) < 4.78 is 44.8. The van der Waals surface area contributed by atoms with Gasteiger partial charge in [0.15, 0.2) is 0 Å². The maximum absolute atomic E-state index is 13.3. The molecule has 1 aliphatic rings. The number of ether oxygens (including phenoxy) is 1. The van der Waals surface area contributed by atoms with E-state index in [0.29, 0.717) is 12.3 Å². The third kappa shape index (κ3) is 5.13. The van der Waals surface area contributed by atoms with Gasteiger partial charge in [0.1, 0.15) is 5.82 Å². The largest absolute Gasteiger partial charge is 0.465 e. The van der Waals surface area contributed by atoms with Gasteiger partial charge >= 0.3 is 5.97 Å². The van der Waals surface area contributed by atoms with Crippen LogP contribution in [0.15, 0.2) is 23.1 Å². The van der Waals surface area contributed by atoms with Gasteiger partial charge in [-0.05, 0) is 50.0 Å². The molecule has 1 aliphatic heterocycles. The van der Waals surface area contributed by atoms with Crippen molar-refractivity contribution in [1.82, 2.24) is 10.0 Å². The Morgan fingerprint density at radius 3 is 2.83 bits per heavy atom. The minimum Gasteiger partial charge on any atom is -0.465 e. The Hall–Kier alpha value is -1.22. The van der Waals surface area contributed by atoms with E-state index >= 15 is 0 Å². The first kappa shape index (κ1) is 19.8. The number of benzene rings is 1. The third-order valence-electron chi connectivity index (χ3n) is 3.64. The number of esters is 1. The lowest BCUT2D eigenvalue weighted by Crippen LogP contribution is -2.28. The fourth-order valence-electron chi connectivity index (χ4n) is 2.44. The van der Waals surface area contributed by atoms with Crippen molar-refractivity contribution in [3.63, 3.8) is 0 Å². The molecule has 0 amide bonds. The van der Waals surface area contributed by atoms with E-state index in [4.69, 9.17) is 0 Å². The maximum atomic E-state index is 13.3. The average Bonchev–Trinajstić information content (AvgIpc) is 2.99. The van der Waals surface area contributed by atoms with E-state index in [1.165, 1.54) is 0 Å². The predicted octanol–water partition coefficient (Wildman–Crippen LogP) is 1.31. The van der Waals surface area contributed by atoms with Crippen LogP contribution >= 0.6 is 12.4 Å². The minimum atomic E-state index is -3.89. The molecule has 1 aromatic rings. The van der Waals surface area contributed by atoms with E-state index in [2.05, 4.69) is 14.8 Å². The molecule has 130 valence electrons. The molecule has 0 aliphatic carbocycles. The lowest BCUT2D eigenvalue weighted by atomic mass is 10.1. The summed E-state index contributed by atoms with van der Waals surface area (Å²) in [6.07, 6.45) is 1.73. The highest BCUT2D eigenvalue weighted by atomic mass is 35.5. The molecule has 0 saturated carbocycles. The Kier molecular flexibility index (Phi) is 7.40. The summed E-state index contributed by atoms with van der Waals surface area (Å²) in [6, 6.07) is 2.93. The highest BCUT2D eigenvalue weighted by Gasteiger charge is 2.24. The Balaban J connectivity index is 0.00000264. The summed E-state index contributed by atoms with van der Waals surface area (Å²) >= 11 is 0. The normalized spacial score (nSPS) is 17.6. The summed E-state index contributed by atoms with van der Waals surface area (Å²) in [6.45, 7) is 2.10. The zero-order chi connectivity index (χ0) is 16.2. The van der Waals surface area contributed by atoms with Gasteiger partial charge in [-0.1, -0.05) is 0 Å². The SMILES string of the molecule is COC(=O)c1cc(F)ccc1S(=O)(=O)NCCC1CCNC1.Cl. The molecule has 0 radical (unpaired) electrons. The Morgan fingerprint density at radius 2 is 2.22 bits per heavy atom. The van der Waals surface area contributed by atoms with Gasteiger partial charge in [-0.15, -0.1) is 12.4 Å². The molecule has 2 N–H and O–H groups in total. The van der Waals surface area contributed by atoms with E-state index in [1.807, 2.05) is 0 Å². The fraction of sp³-hybridized carbons (Fsp3) is 0.500.